The fourth-order valence-corrected chi connectivity index (χ4v) is 4.64. The molecule has 0 bridgehead atoms. The van der Waals surface area contributed by atoms with E-state index < -0.39 is 0 Å². The van der Waals surface area contributed by atoms with Crippen molar-refractivity contribution in [2.75, 3.05) is 0 Å². The molecular formula is C14H12BrClS. The molecule has 0 N–H and O–H groups in total. The normalized spacial score (nSPS) is 18.9. The zero-order chi connectivity index (χ0) is 11.9. The molecule has 3 rings (SSSR count). The molecule has 1 atom stereocenters. The van der Waals surface area contributed by atoms with Crippen LogP contribution in [0.25, 0.3) is 0 Å². The van der Waals surface area contributed by atoms with Gasteiger partial charge in [0.05, 0.1) is 9.16 Å². The second kappa shape index (κ2) is 4.42. The van der Waals surface area contributed by atoms with Gasteiger partial charge < -0.3 is 0 Å². The highest BCUT2D eigenvalue weighted by Crippen LogP contribution is 2.60. The van der Waals surface area contributed by atoms with Crippen LogP contribution in [0.1, 0.15) is 28.1 Å². The number of alkyl halides is 1. The van der Waals surface area contributed by atoms with Crippen LogP contribution in [0, 0.1) is 0 Å². The highest BCUT2D eigenvalue weighted by Gasteiger charge is 2.50. The molecule has 88 valence electrons. The molecule has 1 aliphatic carbocycles. The molecule has 3 heteroatoms. The minimum Gasteiger partial charge on any atom is -0.127 e. The van der Waals surface area contributed by atoms with Crippen LogP contribution < -0.4 is 0 Å². The Hall–Kier alpha value is -0.310. The molecule has 0 spiro atoms. The third-order valence-corrected chi connectivity index (χ3v) is 6.44. The van der Waals surface area contributed by atoms with Crippen molar-refractivity contribution in [3.05, 3.63) is 57.2 Å². The van der Waals surface area contributed by atoms with Crippen LogP contribution in [0.4, 0.5) is 0 Å². The van der Waals surface area contributed by atoms with Gasteiger partial charge in [-0.05, 0) is 30.5 Å². The van der Waals surface area contributed by atoms with E-state index in [0.29, 0.717) is 4.83 Å². The van der Waals surface area contributed by atoms with Gasteiger partial charge in [-0.25, -0.2) is 0 Å². The van der Waals surface area contributed by atoms with Crippen LogP contribution in [-0.4, -0.2) is 0 Å². The second-order valence-electron chi connectivity index (χ2n) is 4.53. The van der Waals surface area contributed by atoms with Crippen LogP contribution in [0.3, 0.4) is 0 Å². The minimum atomic E-state index is 0.287. The summed E-state index contributed by atoms with van der Waals surface area (Å²) in [6, 6.07) is 14.9. The van der Waals surface area contributed by atoms with Gasteiger partial charge in [0, 0.05) is 10.3 Å². The monoisotopic (exact) mass is 326 g/mol. The predicted molar refractivity (Wildman–Crippen MR) is 78.4 cm³/mol. The first-order valence-corrected chi connectivity index (χ1v) is 7.78. The Labute approximate surface area is 119 Å². The van der Waals surface area contributed by atoms with Gasteiger partial charge in [-0.1, -0.05) is 57.9 Å². The smallest absolute Gasteiger partial charge is 0.0931 e. The van der Waals surface area contributed by atoms with Crippen LogP contribution in [0.5, 0.6) is 0 Å². The maximum absolute atomic E-state index is 6.02. The van der Waals surface area contributed by atoms with Gasteiger partial charge in [-0.2, -0.15) is 0 Å². The third kappa shape index (κ3) is 2.07. The largest absolute Gasteiger partial charge is 0.127 e. The molecular weight excluding hydrogens is 316 g/mol. The van der Waals surface area contributed by atoms with Gasteiger partial charge in [0.1, 0.15) is 0 Å². The van der Waals surface area contributed by atoms with E-state index in [9.17, 15) is 0 Å². The van der Waals surface area contributed by atoms with E-state index in [2.05, 4.69) is 52.3 Å². The minimum absolute atomic E-state index is 0.287. The molecule has 0 nitrogen and oxygen atoms in total. The molecule has 0 radical (unpaired) electrons. The Morgan fingerprint density at radius 3 is 2.35 bits per heavy atom. The number of hydrogen-bond donors (Lipinski definition) is 0. The summed E-state index contributed by atoms with van der Waals surface area (Å²) in [6.45, 7) is 0. The Morgan fingerprint density at radius 2 is 1.82 bits per heavy atom. The van der Waals surface area contributed by atoms with Crippen molar-refractivity contribution in [2.24, 2.45) is 0 Å². The first kappa shape index (κ1) is 11.8. The van der Waals surface area contributed by atoms with Crippen LogP contribution in [0.15, 0.2) is 42.5 Å². The molecule has 1 fully saturated rings. The van der Waals surface area contributed by atoms with E-state index in [-0.39, 0.29) is 5.41 Å². The van der Waals surface area contributed by atoms with Crippen molar-refractivity contribution in [2.45, 2.75) is 23.1 Å². The molecule has 0 aliphatic heterocycles. The van der Waals surface area contributed by atoms with Crippen molar-refractivity contribution in [1.29, 1.82) is 0 Å². The van der Waals surface area contributed by atoms with E-state index in [1.54, 1.807) is 11.3 Å². The van der Waals surface area contributed by atoms with E-state index in [1.165, 1.54) is 23.3 Å². The molecule has 1 aliphatic rings. The van der Waals surface area contributed by atoms with Gasteiger partial charge in [-0.3, -0.25) is 0 Å². The Morgan fingerprint density at radius 1 is 1.12 bits per heavy atom. The lowest BCUT2D eigenvalue weighted by atomic mass is 9.92. The molecule has 0 saturated heterocycles. The van der Waals surface area contributed by atoms with Gasteiger partial charge in [0.25, 0.3) is 0 Å². The van der Waals surface area contributed by atoms with Crippen molar-refractivity contribution < 1.29 is 0 Å². The average Bonchev–Trinajstić information content (AvgIpc) is 3.07. The van der Waals surface area contributed by atoms with Crippen molar-refractivity contribution >= 4 is 38.9 Å². The van der Waals surface area contributed by atoms with Crippen molar-refractivity contribution in [1.82, 2.24) is 0 Å². The van der Waals surface area contributed by atoms with E-state index >= 15 is 0 Å². The number of hydrogen-bond acceptors (Lipinski definition) is 1. The standard InChI is InChI=1S/C14H12BrClS/c15-13(11-6-7-12(16)17-11)14(8-9-14)10-4-2-1-3-5-10/h1-7,13H,8-9H2. The molecule has 1 heterocycles. The summed E-state index contributed by atoms with van der Waals surface area (Å²) in [6.07, 6.45) is 2.50. The molecule has 0 amide bonds. The van der Waals surface area contributed by atoms with Crippen LogP contribution >= 0.6 is 38.9 Å². The molecule has 17 heavy (non-hydrogen) atoms. The first-order chi connectivity index (χ1) is 8.22. The highest BCUT2D eigenvalue weighted by molar-refractivity contribution is 9.09. The highest BCUT2D eigenvalue weighted by atomic mass is 79.9. The summed E-state index contributed by atoms with van der Waals surface area (Å²) in [5.74, 6) is 0. The Balaban J connectivity index is 1.94. The van der Waals surface area contributed by atoms with E-state index in [4.69, 9.17) is 11.6 Å². The van der Waals surface area contributed by atoms with Crippen molar-refractivity contribution in [3.63, 3.8) is 0 Å². The summed E-state index contributed by atoms with van der Waals surface area (Å²) in [5, 5.41) is 0. The third-order valence-electron chi connectivity index (χ3n) is 3.47. The van der Waals surface area contributed by atoms with Gasteiger partial charge >= 0.3 is 0 Å². The lowest BCUT2D eigenvalue weighted by Crippen LogP contribution is -2.12. The molecule has 1 saturated carbocycles. The maximum atomic E-state index is 6.02. The number of rotatable bonds is 3. The lowest BCUT2D eigenvalue weighted by molar-refractivity contribution is 0.689. The fourth-order valence-electron chi connectivity index (χ4n) is 2.33. The second-order valence-corrected chi connectivity index (χ2v) is 7.19. The van der Waals surface area contributed by atoms with E-state index in [1.807, 2.05) is 6.07 Å². The zero-order valence-corrected chi connectivity index (χ0v) is 12.4. The summed E-state index contributed by atoms with van der Waals surface area (Å²) < 4.78 is 0.869. The molecule has 1 aromatic carbocycles. The number of benzene rings is 1. The summed E-state index contributed by atoms with van der Waals surface area (Å²) >= 11 is 11.6. The van der Waals surface area contributed by atoms with Crippen LogP contribution in [-0.2, 0) is 5.41 Å². The summed E-state index contributed by atoms with van der Waals surface area (Å²) in [4.78, 5) is 1.71. The Kier molecular flexibility index (Phi) is 3.06. The number of thiophene rings is 1. The average molecular weight is 328 g/mol. The summed E-state index contributed by atoms with van der Waals surface area (Å²) in [5.41, 5.74) is 1.72. The van der Waals surface area contributed by atoms with Crippen molar-refractivity contribution in [3.8, 4) is 0 Å². The first-order valence-electron chi connectivity index (χ1n) is 5.67. The van der Waals surface area contributed by atoms with Gasteiger partial charge in [0.15, 0.2) is 0 Å². The maximum Gasteiger partial charge on any atom is 0.0931 e. The molecule has 2 aromatic rings. The zero-order valence-electron chi connectivity index (χ0n) is 9.20. The molecule has 1 unspecified atom stereocenters. The van der Waals surface area contributed by atoms with Gasteiger partial charge in [0.2, 0.25) is 0 Å². The topological polar surface area (TPSA) is 0 Å². The molecule has 1 aromatic heterocycles. The number of halogens is 2. The van der Waals surface area contributed by atoms with Gasteiger partial charge in [-0.15, -0.1) is 11.3 Å². The predicted octanol–water partition coefficient (Wildman–Crippen LogP) is 5.57. The Bertz CT molecular complexity index is 516. The fraction of sp³-hybridized carbons (Fsp3) is 0.286. The SMILES string of the molecule is Clc1ccc(C(Br)C2(c3ccccc3)CC2)s1. The van der Waals surface area contributed by atoms with E-state index in [0.717, 1.165) is 4.34 Å². The summed E-state index contributed by atoms with van der Waals surface area (Å²) in [7, 11) is 0. The quantitative estimate of drug-likeness (QED) is 0.647. The van der Waals surface area contributed by atoms with Crippen LogP contribution in [0.2, 0.25) is 4.34 Å². The lowest BCUT2D eigenvalue weighted by Gasteiger charge is -2.21.